The van der Waals surface area contributed by atoms with E-state index < -0.39 is 0 Å². The summed E-state index contributed by atoms with van der Waals surface area (Å²) in [5.74, 6) is 0.00287. The van der Waals surface area contributed by atoms with Gasteiger partial charge in [0.15, 0.2) is 0 Å². The lowest BCUT2D eigenvalue weighted by Gasteiger charge is -1.99. The molecule has 2 nitrogen and oxygen atoms in total. The maximum absolute atomic E-state index is 10.7. The fourth-order valence-electron chi connectivity index (χ4n) is 0.510. The minimum Gasteiger partial charge on any atom is -0.327 e. The van der Waals surface area contributed by atoms with Crippen LogP contribution in [0.4, 0.5) is 0 Å². The first-order valence-electron chi connectivity index (χ1n) is 4.32. The second kappa shape index (κ2) is 9.95. The van der Waals surface area contributed by atoms with Crippen molar-refractivity contribution in [3.63, 3.8) is 0 Å². The van der Waals surface area contributed by atoms with Gasteiger partial charge in [-0.15, -0.1) is 0 Å². The molecule has 0 heterocycles. The molecule has 1 amide bonds. The first-order chi connectivity index (χ1) is 5.70. The van der Waals surface area contributed by atoms with Gasteiger partial charge in [0.2, 0.25) is 5.91 Å². The zero-order chi connectivity index (χ0) is 9.98. The molecule has 0 aliphatic rings. The molecule has 0 aromatic carbocycles. The lowest BCUT2D eigenvalue weighted by Crippen LogP contribution is -2.19. The third-order valence-corrected chi connectivity index (χ3v) is 0.989. The number of amides is 1. The van der Waals surface area contributed by atoms with Gasteiger partial charge in [-0.2, -0.15) is 0 Å². The number of nitrogens with one attached hydrogen (secondary N) is 1. The lowest BCUT2D eigenvalue weighted by atomic mass is 10.4. The zero-order valence-corrected chi connectivity index (χ0v) is 8.48. The molecular weight excluding hydrogens is 150 g/mol. The Morgan fingerprint density at radius 2 is 2.08 bits per heavy atom. The van der Waals surface area contributed by atoms with E-state index >= 15 is 0 Å². The van der Waals surface area contributed by atoms with Gasteiger partial charge in [-0.05, 0) is 13.0 Å². The fourth-order valence-corrected chi connectivity index (χ4v) is 0.510. The van der Waals surface area contributed by atoms with Crippen LogP contribution < -0.4 is 5.32 Å². The smallest absolute Gasteiger partial charge is 0.224 e. The van der Waals surface area contributed by atoms with Crippen molar-refractivity contribution in [1.82, 2.24) is 5.32 Å². The molecule has 0 aromatic heterocycles. The van der Waals surface area contributed by atoms with Crippen LogP contribution in [-0.2, 0) is 4.79 Å². The van der Waals surface area contributed by atoms with Crippen LogP contribution in [0.3, 0.4) is 0 Å². The maximum Gasteiger partial charge on any atom is 0.224 e. The van der Waals surface area contributed by atoms with Gasteiger partial charge in [0.05, 0.1) is 0 Å². The normalized spacial score (nSPS) is 8.67. The SMILES string of the molecule is C=C(/C=C\C)NC(=O)CC.CC.[HH]. The van der Waals surface area contributed by atoms with Crippen LogP contribution in [0.5, 0.6) is 0 Å². The van der Waals surface area contributed by atoms with E-state index in [2.05, 4.69) is 11.9 Å². The zero-order valence-electron chi connectivity index (χ0n) is 8.48. The summed E-state index contributed by atoms with van der Waals surface area (Å²) < 4.78 is 0. The molecule has 0 bridgehead atoms. The van der Waals surface area contributed by atoms with Crippen molar-refractivity contribution >= 4 is 5.91 Å². The average Bonchev–Trinajstić information content (AvgIpc) is 2.08. The summed E-state index contributed by atoms with van der Waals surface area (Å²) >= 11 is 0. The summed E-state index contributed by atoms with van der Waals surface area (Å²) in [6, 6.07) is 0. The van der Waals surface area contributed by atoms with Crippen molar-refractivity contribution in [3.05, 3.63) is 24.4 Å². The quantitative estimate of drug-likeness (QED) is 0.650. The summed E-state index contributed by atoms with van der Waals surface area (Å²) in [6.07, 6.45) is 4.09. The standard InChI is InChI=1S/C8H13NO.C2H6.H2/c1-4-6-7(3)9-8(10)5-2;1-2;/h4,6H,3,5H2,1-2H3,(H,9,10);1-2H3;1H/b6-4-;;. The van der Waals surface area contributed by atoms with Gasteiger partial charge in [0.25, 0.3) is 0 Å². The molecule has 0 spiro atoms. The third-order valence-electron chi connectivity index (χ3n) is 0.989. The Morgan fingerprint density at radius 1 is 1.58 bits per heavy atom. The number of carbonyl (C=O) groups is 1. The largest absolute Gasteiger partial charge is 0.327 e. The first-order valence-corrected chi connectivity index (χ1v) is 4.32. The molecule has 0 rings (SSSR count). The Balaban J connectivity index is -0.000000309. The molecule has 0 aliphatic heterocycles. The predicted octanol–water partition coefficient (Wildman–Crippen LogP) is 2.87. The second-order valence-corrected chi connectivity index (χ2v) is 1.93. The minimum absolute atomic E-state index is 0. The Kier molecular flexibility index (Phi) is 11.2. The Bertz CT molecular complexity index is 164. The summed E-state index contributed by atoms with van der Waals surface area (Å²) in [5.41, 5.74) is 0.648. The predicted molar refractivity (Wildman–Crippen MR) is 55.8 cm³/mol. The number of rotatable bonds is 3. The Labute approximate surface area is 76.8 Å². The molecule has 0 aromatic rings. The number of allylic oxidation sites excluding steroid dienone is 2. The van der Waals surface area contributed by atoms with Gasteiger partial charge in [-0.25, -0.2) is 0 Å². The van der Waals surface area contributed by atoms with Crippen LogP contribution >= 0.6 is 0 Å². The van der Waals surface area contributed by atoms with Gasteiger partial charge < -0.3 is 5.32 Å². The molecule has 0 aliphatic carbocycles. The van der Waals surface area contributed by atoms with Crippen LogP contribution in [0, 0.1) is 0 Å². The van der Waals surface area contributed by atoms with Crippen molar-refractivity contribution in [1.29, 1.82) is 0 Å². The summed E-state index contributed by atoms with van der Waals surface area (Å²) in [4.78, 5) is 10.7. The van der Waals surface area contributed by atoms with Crippen molar-refractivity contribution in [2.24, 2.45) is 0 Å². The van der Waals surface area contributed by atoms with E-state index in [1.807, 2.05) is 26.8 Å². The molecule has 2 heteroatoms. The van der Waals surface area contributed by atoms with E-state index in [0.717, 1.165) is 0 Å². The van der Waals surface area contributed by atoms with Crippen LogP contribution in [0.2, 0.25) is 0 Å². The van der Waals surface area contributed by atoms with Gasteiger partial charge in [0.1, 0.15) is 0 Å². The molecule has 0 unspecified atom stereocenters. The number of hydrogen-bond acceptors (Lipinski definition) is 1. The average molecular weight is 171 g/mol. The third kappa shape index (κ3) is 8.95. The minimum atomic E-state index is 0. The van der Waals surface area contributed by atoms with E-state index in [0.29, 0.717) is 12.1 Å². The van der Waals surface area contributed by atoms with E-state index in [4.69, 9.17) is 0 Å². The molecule has 12 heavy (non-hydrogen) atoms. The summed E-state index contributed by atoms with van der Waals surface area (Å²) in [7, 11) is 0. The maximum atomic E-state index is 10.7. The van der Waals surface area contributed by atoms with Gasteiger partial charge in [0, 0.05) is 13.5 Å². The topological polar surface area (TPSA) is 29.1 Å². The molecule has 0 saturated heterocycles. The van der Waals surface area contributed by atoms with Crippen molar-refractivity contribution < 1.29 is 6.22 Å². The van der Waals surface area contributed by atoms with E-state index in [9.17, 15) is 4.79 Å². The van der Waals surface area contributed by atoms with Crippen molar-refractivity contribution in [2.75, 3.05) is 0 Å². The van der Waals surface area contributed by atoms with Crippen LogP contribution in [0.1, 0.15) is 35.5 Å². The van der Waals surface area contributed by atoms with Gasteiger partial charge in [-0.3, -0.25) is 4.79 Å². The molecule has 0 atom stereocenters. The van der Waals surface area contributed by atoms with Crippen molar-refractivity contribution in [3.8, 4) is 0 Å². The molecule has 72 valence electrons. The summed E-state index contributed by atoms with van der Waals surface area (Å²) in [6.45, 7) is 11.3. The molecule has 0 saturated carbocycles. The first kappa shape index (κ1) is 13.5. The molecule has 0 radical (unpaired) electrons. The van der Waals surface area contributed by atoms with Gasteiger partial charge >= 0.3 is 0 Å². The highest BCUT2D eigenvalue weighted by molar-refractivity contribution is 5.77. The van der Waals surface area contributed by atoms with Gasteiger partial charge in [-0.1, -0.05) is 33.4 Å². The summed E-state index contributed by atoms with van der Waals surface area (Å²) in [5, 5.41) is 2.61. The highest BCUT2D eigenvalue weighted by Crippen LogP contribution is 1.87. The highest BCUT2D eigenvalue weighted by atomic mass is 16.1. The number of carbonyl (C=O) groups excluding carboxylic acids is 1. The Hall–Kier alpha value is -1.05. The van der Waals surface area contributed by atoms with E-state index in [1.54, 1.807) is 13.0 Å². The monoisotopic (exact) mass is 171 g/mol. The van der Waals surface area contributed by atoms with E-state index in [1.165, 1.54) is 0 Å². The fraction of sp³-hybridized carbons (Fsp3) is 0.500. The highest BCUT2D eigenvalue weighted by Gasteiger charge is 1.94. The molecule has 0 fully saturated rings. The lowest BCUT2D eigenvalue weighted by molar-refractivity contribution is -0.119. The molecule has 1 N–H and O–H groups in total. The van der Waals surface area contributed by atoms with Crippen LogP contribution in [0.25, 0.3) is 0 Å². The van der Waals surface area contributed by atoms with Crippen LogP contribution in [0.15, 0.2) is 24.4 Å². The molecular formula is C10H21NO. The van der Waals surface area contributed by atoms with Crippen molar-refractivity contribution in [2.45, 2.75) is 34.1 Å². The van der Waals surface area contributed by atoms with Crippen LogP contribution in [-0.4, -0.2) is 5.91 Å². The Morgan fingerprint density at radius 3 is 2.42 bits per heavy atom. The second-order valence-electron chi connectivity index (χ2n) is 1.93. The van der Waals surface area contributed by atoms with E-state index in [-0.39, 0.29) is 7.33 Å². The number of hydrogen-bond donors (Lipinski definition) is 1.